The van der Waals surface area contributed by atoms with E-state index < -0.39 is 17.8 Å². The van der Waals surface area contributed by atoms with Crippen molar-refractivity contribution in [2.75, 3.05) is 25.6 Å². The maximum Gasteiger partial charge on any atom is 0.419 e. The number of aliphatic hydroxyl groups is 1. The molecule has 7 heteroatoms. The third-order valence-corrected chi connectivity index (χ3v) is 2.30. The van der Waals surface area contributed by atoms with Gasteiger partial charge < -0.3 is 15.2 Å². The summed E-state index contributed by atoms with van der Waals surface area (Å²) in [6, 6.07) is 1.76. The molecule has 0 aliphatic carbocycles. The van der Waals surface area contributed by atoms with Gasteiger partial charge in [0, 0.05) is 19.9 Å². The van der Waals surface area contributed by atoms with Gasteiger partial charge in [0.1, 0.15) is 5.82 Å². The molecule has 2 N–H and O–H groups in total. The first-order valence-corrected chi connectivity index (χ1v) is 5.37. The number of halogens is 3. The molecule has 1 aromatic heterocycles. The van der Waals surface area contributed by atoms with Crippen LogP contribution in [0.25, 0.3) is 0 Å². The fourth-order valence-electron chi connectivity index (χ4n) is 1.50. The molecule has 0 aliphatic heterocycles. The number of alkyl halides is 3. The van der Waals surface area contributed by atoms with E-state index in [0.29, 0.717) is 0 Å². The molecule has 0 saturated heterocycles. The molecule has 0 amide bonds. The molecule has 1 unspecified atom stereocenters. The van der Waals surface area contributed by atoms with E-state index in [4.69, 9.17) is 9.84 Å². The van der Waals surface area contributed by atoms with Crippen LogP contribution in [-0.4, -0.2) is 36.5 Å². The maximum absolute atomic E-state index is 12.7. The summed E-state index contributed by atoms with van der Waals surface area (Å²) < 4.78 is 43.0. The number of ether oxygens (including phenoxy) is 1. The van der Waals surface area contributed by atoms with E-state index >= 15 is 0 Å². The first-order chi connectivity index (χ1) is 8.49. The molecule has 0 fully saturated rings. The molecule has 0 bridgehead atoms. The Morgan fingerprint density at radius 1 is 1.50 bits per heavy atom. The molecule has 102 valence electrons. The molecule has 0 aliphatic rings. The second-order valence-corrected chi connectivity index (χ2v) is 3.71. The molecular weight excluding hydrogens is 249 g/mol. The van der Waals surface area contributed by atoms with Gasteiger partial charge in [-0.3, -0.25) is 0 Å². The Morgan fingerprint density at radius 2 is 2.22 bits per heavy atom. The number of hydrogen-bond acceptors (Lipinski definition) is 4. The van der Waals surface area contributed by atoms with Crippen LogP contribution in [0.2, 0.25) is 0 Å². The van der Waals surface area contributed by atoms with Gasteiger partial charge in [-0.2, -0.15) is 13.2 Å². The average molecular weight is 264 g/mol. The van der Waals surface area contributed by atoms with Crippen molar-refractivity contribution in [3.05, 3.63) is 23.9 Å². The molecule has 0 spiro atoms. The third kappa shape index (κ3) is 4.15. The van der Waals surface area contributed by atoms with Crippen LogP contribution in [0.4, 0.5) is 19.0 Å². The minimum Gasteiger partial charge on any atom is -0.396 e. The number of pyridine rings is 1. The number of nitrogens with zero attached hydrogens (tertiary/aromatic N) is 1. The monoisotopic (exact) mass is 264 g/mol. The highest BCUT2D eigenvalue weighted by Gasteiger charge is 2.34. The smallest absolute Gasteiger partial charge is 0.396 e. The molecule has 18 heavy (non-hydrogen) atoms. The molecule has 0 saturated carbocycles. The Balaban J connectivity index is 2.88. The van der Waals surface area contributed by atoms with E-state index in [0.717, 1.165) is 6.07 Å². The van der Waals surface area contributed by atoms with E-state index in [-0.39, 0.29) is 25.5 Å². The second-order valence-electron chi connectivity index (χ2n) is 3.71. The van der Waals surface area contributed by atoms with Gasteiger partial charge in [-0.05, 0) is 18.6 Å². The SMILES string of the molecule is COCC(CCO)Nc1ncccc1C(F)(F)F. The normalized spacial score (nSPS) is 13.4. The molecular formula is C11H15F3N2O2. The second kappa shape index (κ2) is 6.55. The lowest BCUT2D eigenvalue weighted by atomic mass is 10.2. The van der Waals surface area contributed by atoms with Crippen molar-refractivity contribution in [3.63, 3.8) is 0 Å². The van der Waals surface area contributed by atoms with E-state index in [2.05, 4.69) is 10.3 Å². The third-order valence-electron chi connectivity index (χ3n) is 2.30. The van der Waals surface area contributed by atoms with Crippen molar-refractivity contribution in [3.8, 4) is 0 Å². The molecule has 1 aromatic rings. The average Bonchev–Trinajstić information content (AvgIpc) is 2.29. The van der Waals surface area contributed by atoms with Crippen molar-refractivity contribution in [2.45, 2.75) is 18.6 Å². The highest BCUT2D eigenvalue weighted by molar-refractivity contribution is 5.46. The Morgan fingerprint density at radius 3 is 2.78 bits per heavy atom. The summed E-state index contributed by atoms with van der Waals surface area (Å²) in [6.07, 6.45) is -2.91. The van der Waals surface area contributed by atoms with Crippen LogP contribution in [0, 0.1) is 0 Å². The van der Waals surface area contributed by atoms with E-state index in [1.807, 2.05) is 0 Å². The molecule has 1 heterocycles. The van der Waals surface area contributed by atoms with Gasteiger partial charge in [-0.1, -0.05) is 0 Å². The zero-order valence-corrected chi connectivity index (χ0v) is 9.87. The van der Waals surface area contributed by atoms with Crippen LogP contribution in [0.15, 0.2) is 18.3 Å². The van der Waals surface area contributed by atoms with Crippen molar-refractivity contribution < 1.29 is 23.0 Å². The quantitative estimate of drug-likeness (QED) is 0.824. The Bertz CT molecular complexity index is 366. The minimum atomic E-state index is -4.46. The van der Waals surface area contributed by atoms with Gasteiger partial charge in [-0.25, -0.2) is 4.98 Å². The lowest BCUT2D eigenvalue weighted by molar-refractivity contribution is -0.137. The number of anilines is 1. The molecule has 0 radical (unpaired) electrons. The summed E-state index contributed by atoms with van der Waals surface area (Å²) in [5.74, 6) is -0.250. The van der Waals surface area contributed by atoms with Gasteiger partial charge in [0.15, 0.2) is 0 Å². The zero-order chi connectivity index (χ0) is 13.6. The first kappa shape index (κ1) is 14.7. The van der Waals surface area contributed by atoms with Crippen molar-refractivity contribution >= 4 is 5.82 Å². The first-order valence-electron chi connectivity index (χ1n) is 5.37. The van der Waals surface area contributed by atoms with E-state index in [9.17, 15) is 13.2 Å². The Hall–Kier alpha value is -1.34. The number of rotatable bonds is 6. The summed E-state index contributed by atoms with van der Waals surface area (Å²) >= 11 is 0. The summed E-state index contributed by atoms with van der Waals surface area (Å²) in [5, 5.41) is 11.5. The van der Waals surface area contributed by atoms with Crippen LogP contribution < -0.4 is 5.32 Å². The van der Waals surface area contributed by atoms with Gasteiger partial charge in [0.05, 0.1) is 18.2 Å². The molecule has 1 rings (SSSR count). The minimum absolute atomic E-state index is 0.144. The number of aliphatic hydroxyl groups excluding tert-OH is 1. The number of hydrogen-bond donors (Lipinski definition) is 2. The highest BCUT2D eigenvalue weighted by atomic mass is 19.4. The summed E-state index contributed by atoms with van der Waals surface area (Å²) in [5.41, 5.74) is -0.830. The van der Waals surface area contributed by atoms with Gasteiger partial charge >= 0.3 is 6.18 Å². The van der Waals surface area contributed by atoms with E-state index in [1.165, 1.54) is 19.4 Å². The van der Waals surface area contributed by atoms with E-state index in [1.54, 1.807) is 0 Å². The summed E-state index contributed by atoms with van der Waals surface area (Å²) in [4.78, 5) is 3.68. The molecule has 4 nitrogen and oxygen atoms in total. The standard InChI is InChI=1S/C11H15F3N2O2/c1-18-7-8(4-6-17)16-10-9(11(12,13)14)3-2-5-15-10/h2-3,5,8,17H,4,6-7H2,1H3,(H,15,16). The van der Waals surface area contributed by atoms with Crippen LogP contribution in [-0.2, 0) is 10.9 Å². The summed E-state index contributed by atoms with van der Waals surface area (Å²) in [6.45, 7) is 0.0453. The number of methoxy groups -OCH3 is 1. The lowest BCUT2D eigenvalue weighted by Gasteiger charge is -2.20. The molecule has 1 atom stereocenters. The van der Waals surface area contributed by atoms with Gasteiger partial charge in [0.2, 0.25) is 0 Å². The van der Waals surface area contributed by atoms with Crippen molar-refractivity contribution in [2.24, 2.45) is 0 Å². The highest BCUT2D eigenvalue weighted by Crippen LogP contribution is 2.33. The van der Waals surface area contributed by atoms with Gasteiger partial charge in [0.25, 0.3) is 0 Å². The number of aromatic nitrogens is 1. The van der Waals surface area contributed by atoms with Crippen LogP contribution in [0.1, 0.15) is 12.0 Å². The van der Waals surface area contributed by atoms with Crippen LogP contribution in [0.3, 0.4) is 0 Å². The topological polar surface area (TPSA) is 54.4 Å². The van der Waals surface area contributed by atoms with Crippen LogP contribution in [0.5, 0.6) is 0 Å². The zero-order valence-electron chi connectivity index (χ0n) is 9.87. The lowest BCUT2D eigenvalue weighted by Crippen LogP contribution is -2.28. The number of nitrogens with one attached hydrogen (secondary N) is 1. The molecule has 0 aromatic carbocycles. The Labute approximate surface area is 103 Å². The fraction of sp³-hybridized carbons (Fsp3) is 0.545. The maximum atomic E-state index is 12.7. The predicted octanol–water partition coefficient (Wildman–Crippen LogP) is 1.91. The fourth-order valence-corrected chi connectivity index (χ4v) is 1.50. The van der Waals surface area contributed by atoms with Crippen molar-refractivity contribution in [1.29, 1.82) is 0 Å². The van der Waals surface area contributed by atoms with Crippen LogP contribution >= 0.6 is 0 Å². The van der Waals surface area contributed by atoms with Gasteiger partial charge in [-0.15, -0.1) is 0 Å². The largest absolute Gasteiger partial charge is 0.419 e. The van der Waals surface area contributed by atoms with Crippen molar-refractivity contribution in [1.82, 2.24) is 4.98 Å². The predicted molar refractivity (Wildman–Crippen MR) is 60.2 cm³/mol. The summed E-state index contributed by atoms with van der Waals surface area (Å²) in [7, 11) is 1.44. The Kier molecular flexibility index (Phi) is 5.36.